The molecular weight excluding hydrogens is 214 g/mol. The second kappa shape index (κ2) is 4.39. The number of sulfone groups is 1. The molecule has 0 aromatic rings. The molecule has 0 aromatic heterocycles. The zero-order valence-electron chi connectivity index (χ0n) is 9.66. The van der Waals surface area contributed by atoms with E-state index in [1.54, 1.807) is 0 Å². The quantitative estimate of drug-likeness (QED) is 0.736. The first-order valence-electron chi connectivity index (χ1n) is 5.39. The molecule has 1 saturated carbocycles. The van der Waals surface area contributed by atoms with E-state index in [0.29, 0.717) is 6.42 Å². The molecule has 1 aliphatic carbocycles. The van der Waals surface area contributed by atoms with Gasteiger partial charge in [-0.25, -0.2) is 8.42 Å². The van der Waals surface area contributed by atoms with Gasteiger partial charge in [-0.3, -0.25) is 0 Å². The van der Waals surface area contributed by atoms with Crippen LogP contribution < -0.4 is 5.32 Å². The molecule has 15 heavy (non-hydrogen) atoms. The Kier molecular flexibility index (Phi) is 3.79. The van der Waals surface area contributed by atoms with Crippen molar-refractivity contribution in [3.05, 3.63) is 0 Å². The number of aliphatic hydroxyl groups excluding tert-OH is 1. The number of rotatable bonds is 4. The lowest BCUT2D eigenvalue weighted by Crippen LogP contribution is -2.58. The van der Waals surface area contributed by atoms with Crippen LogP contribution in [0.2, 0.25) is 0 Å². The molecule has 0 radical (unpaired) electrons. The molecule has 1 rings (SSSR count). The number of hydrogen-bond acceptors (Lipinski definition) is 4. The van der Waals surface area contributed by atoms with Gasteiger partial charge in [-0.2, -0.15) is 0 Å². The molecule has 0 aliphatic heterocycles. The first kappa shape index (κ1) is 12.9. The fourth-order valence-electron chi connectivity index (χ4n) is 2.63. The second-order valence-corrected chi connectivity index (χ2v) is 7.05. The molecule has 1 fully saturated rings. The predicted octanol–water partition coefficient (Wildman–Crippen LogP) is 0.313. The lowest BCUT2D eigenvalue weighted by molar-refractivity contribution is 0.157. The normalized spacial score (nSPS) is 32.5. The summed E-state index contributed by atoms with van der Waals surface area (Å²) in [5.41, 5.74) is -0.623. The molecule has 0 spiro atoms. The molecule has 2 unspecified atom stereocenters. The standard InChI is InChI=1S/C10H21NO3S/c1-8(2)11-10(7-12)6-4-5-9(10)15(3,13)14/h8-9,11-12H,4-7H2,1-3H3. The zero-order chi connectivity index (χ0) is 11.7. The number of aliphatic hydroxyl groups is 1. The summed E-state index contributed by atoms with van der Waals surface area (Å²) in [4.78, 5) is 0. The van der Waals surface area contributed by atoms with Crippen LogP contribution in [-0.2, 0) is 9.84 Å². The fourth-order valence-corrected chi connectivity index (χ4v) is 4.31. The van der Waals surface area contributed by atoms with Gasteiger partial charge in [-0.05, 0) is 12.8 Å². The summed E-state index contributed by atoms with van der Waals surface area (Å²) < 4.78 is 23.3. The minimum Gasteiger partial charge on any atom is -0.394 e. The van der Waals surface area contributed by atoms with Crippen LogP contribution in [0.1, 0.15) is 33.1 Å². The molecule has 0 aromatic carbocycles. The van der Waals surface area contributed by atoms with E-state index >= 15 is 0 Å². The number of nitrogens with one attached hydrogen (secondary N) is 1. The van der Waals surface area contributed by atoms with Crippen molar-refractivity contribution in [2.45, 2.75) is 49.9 Å². The van der Waals surface area contributed by atoms with Gasteiger partial charge in [0, 0.05) is 12.3 Å². The SMILES string of the molecule is CC(C)NC1(CO)CCCC1S(C)(=O)=O. The van der Waals surface area contributed by atoms with Gasteiger partial charge in [0.1, 0.15) is 0 Å². The summed E-state index contributed by atoms with van der Waals surface area (Å²) in [6.45, 7) is 3.83. The van der Waals surface area contributed by atoms with Gasteiger partial charge in [-0.15, -0.1) is 0 Å². The van der Waals surface area contributed by atoms with E-state index < -0.39 is 20.6 Å². The highest BCUT2D eigenvalue weighted by molar-refractivity contribution is 7.91. The van der Waals surface area contributed by atoms with E-state index in [2.05, 4.69) is 5.32 Å². The van der Waals surface area contributed by atoms with E-state index in [1.807, 2.05) is 13.8 Å². The van der Waals surface area contributed by atoms with Gasteiger partial charge in [0.2, 0.25) is 0 Å². The van der Waals surface area contributed by atoms with Crippen LogP contribution in [-0.4, -0.2) is 43.2 Å². The molecule has 0 amide bonds. The third-order valence-electron chi connectivity index (χ3n) is 3.08. The van der Waals surface area contributed by atoms with Gasteiger partial charge in [0.25, 0.3) is 0 Å². The molecule has 0 bridgehead atoms. The van der Waals surface area contributed by atoms with Crippen molar-refractivity contribution in [2.75, 3.05) is 12.9 Å². The second-order valence-electron chi connectivity index (χ2n) is 4.82. The van der Waals surface area contributed by atoms with E-state index in [0.717, 1.165) is 12.8 Å². The highest BCUT2D eigenvalue weighted by Gasteiger charge is 2.47. The molecule has 2 atom stereocenters. The van der Waals surface area contributed by atoms with Gasteiger partial charge in [-0.1, -0.05) is 20.3 Å². The average molecular weight is 235 g/mol. The van der Waals surface area contributed by atoms with E-state index in [4.69, 9.17) is 0 Å². The van der Waals surface area contributed by atoms with Crippen LogP contribution in [0.25, 0.3) is 0 Å². The van der Waals surface area contributed by atoms with Crippen molar-refractivity contribution in [3.8, 4) is 0 Å². The van der Waals surface area contributed by atoms with Crippen LogP contribution >= 0.6 is 0 Å². The molecule has 5 heteroatoms. The Morgan fingerprint density at radius 2 is 2.13 bits per heavy atom. The zero-order valence-corrected chi connectivity index (χ0v) is 10.5. The van der Waals surface area contributed by atoms with Crippen LogP contribution in [0.5, 0.6) is 0 Å². The lowest BCUT2D eigenvalue weighted by atomic mass is 9.97. The van der Waals surface area contributed by atoms with Crippen molar-refractivity contribution < 1.29 is 13.5 Å². The largest absolute Gasteiger partial charge is 0.394 e. The minimum atomic E-state index is -3.09. The Labute approximate surface area is 92.0 Å². The smallest absolute Gasteiger partial charge is 0.152 e. The van der Waals surface area contributed by atoms with Gasteiger partial charge in [0.05, 0.1) is 17.4 Å². The van der Waals surface area contributed by atoms with Gasteiger partial charge < -0.3 is 10.4 Å². The highest BCUT2D eigenvalue weighted by atomic mass is 32.2. The lowest BCUT2D eigenvalue weighted by Gasteiger charge is -2.35. The summed E-state index contributed by atoms with van der Waals surface area (Å²) in [7, 11) is -3.09. The maximum atomic E-state index is 11.6. The molecule has 90 valence electrons. The Balaban J connectivity index is 2.96. The van der Waals surface area contributed by atoms with Crippen LogP contribution in [0.3, 0.4) is 0 Å². The van der Waals surface area contributed by atoms with E-state index in [-0.39, 0.29) is 12.6 Å². The molecule has 2 N–H and O–H groups in total. The summed E-state index contributed by atoms with van der Waals surface area (Å²) in [6.07, 6.45) is 3.51. The van der Waals surface area contributed by atoms with Crippen molar-refractivity contribution in [3.63, 3.8) is 0 Å². The average Bonchev–Trinajstić information content (AvgIpc) is 2.47. The van der Waals surface area contributed by atoms with Gasteiger partial charge >= 0.3 is 0 Å². The Morgan fingerprint density at radius 1 is 1.53 bits per heavy atom. The summed E-state index contributed by atoms with van der Waals surface area (Å²) >= 11 is 0. The van der Waals surface area contributed by atoms with Crippen LogP contribution in [0.4, 0.5) is 0 Å². The molecular formula is C10H21NO3S. The molecule has 0 heterocycles. The summed E-state index contributed by atoms with van der Waals surface area (Å²) in [5.74, 6) is 0. The van der Waals surface area contributed by atoms with Crippen molar-refractivity contribution in [1.29, 1.82) is 0 Å². The Bertz CT molecular complexity index is 313. The summed E-state index contributed by atoms with van der Waals surface area (Å²) in [5, 5.41) is 12.3. The van der Waals surface area contributed by atoms with Crippen LogP contribution in [0.15, 0.2) is 0 Å². The molecule has 4 nitrogen and oxygen atoms in total. The first-order chi connectivity index (χ1) is 6.82. The Hall–Kier alpha value is -0.130. The van der Waals surface area contributed by atoms with Crippen molar-refractivity contribution in [2.24, 2.45) is 0 Å². The minimum absolute atomic E-state index is 0.108. The maximum absolute atomic E-state index is 11.6. The van der Waals surface area contributed by atoms with Crippen LogP contribution in [0, 0.1) is 0 Å². The predicted molar refractivity (Wildman–Crippen MR) is 60.6 cm³/mol. The molecule has 0 saturated heterocycles. The summed E-state index contributed by atoms with van der Waals surface area (Å²) in [6, 6.07) is 0.180. The monoisotopic (exact) mass is 235 g/mol. The molecule has 1 aliphatic rings. The topological polar surface area (TPSA) is 66.4 Å². The number of hydrogen-bond donors (Lipinski definition) is 2. The fraction of sp³-hybridized carbons (Fsp3) is 1.00. The van der Waals surface area contributed by atoms with E-state index in [1.165, 1.54) is 6.26 Å². The highest BCUT2D eigenvalue weighted by Crippen LogP contribution is 2.34. The first-order valence-corrected chi connectivity index (χ1v) is 7.35. The third-order valence-corrected chi connectivity index (χ3v) is 4.80. The van der Waals surface area contributed by atoms with E-state index in [9.17, 15) is 13.5 Å². The van der Waals surface area contributed by atoms with Gasteiger partial charge in [0.15, 0.2) is 9.84 Å². The maximum Gasteiger partial charge on any atom is 0.152 e. The third kappa shape index (κ3) is 2.71. The van der Waals surface area contributed by atoms with Crippen molar-refractivity contribution in [1.82, 2.24) is 5.32 Å². The Morgan fingerprint density at radius 3 is 2.53 bits per heavy atom. The van der Waals surface area contributed by atoms with Crippen molar-refractivity contribution >= 4 is 9.84 Å².